The van der Waals surface area contributed by atoms with Crippen molar-refractivity contribution in [1.29, 1.82) is 0 Å². The number of amides is 1. The number of aromatic nitrogens is 2. The normalized spacial score (nSPS) is 17.0. The van der Waals surface area contributed by atoms with E-state index in [4.69, 9.17) is 4.84 Å². The molecule has 0 radical (unpaired) electrons. The minimum atomic E-state index is -0.563. The van der Waals surface area contributed by atoms with Crippen molar-refractivity contribution in [3.63, 3.8) is 0 Å². The molecule has 114 valence electrons. The Kier molecular flexibility index (Phi) is 4.53. The number of rotatable bonds is 5. The first-order valence-corrected chi connectivity index (χ1v) is 7.75. The van der Waals surface area contributed by atoms with Gasteiger partial charge in [0, 0.05) is 35.4 Å². The van der Waals surface area contributed by atoms with Crippen molar-refractivity contribution in [3.05, 3.63) is 52.8 Å². The van der Waals surface area contributed by atoms with Gasteiger partial charge in [0.05, 0.1) is 12.3 Å². The van der Waals surface area contributed by atoms with E-state index in [1.807, 2.05) is 36.5 Å². The van der Waals surface area contributed by atoms with Gasteiger partial charge in [-0.25, -0.2) is 0 Å². The van der Waals surface area contributed by atoms with Gasteiger partial charge in [-0.1, -0.05) is 33.2 Å². The van der Waals surface area contributed by atoms with Crippen LogP contribution in [0.2, 0.25) is 0 Å². The Morgan fingerprint density at radius 2 is 2.36 bits per heavy atom. The minimum Gasteiger partial charge on any atom is -0.382 e. The minimum absolute atomic E-state index is 0.152. The van der Waals surface area contributed by atoms with Crippen LogP contribution in [0.4, 0.5) is 0 Å². The standard InChI is InChI=1S/C15H15BrN4O2/c16-12-4-1-3-11(9-12)13-10-14(22-19-13)15(21)17-6-8-20-7-2-5-18-20/h1-5,7,9,14H,6,8,10H2,(H,17,21). The number of hydrogen-bond acceptors (Lipinski definition) is 4. The Hall–Kier alpha value is -2.15. The van der Waals surface area contributed by atoms with Gasteiger partial charge in [-0.15, -0.1) is 0 Å². The van der Waals surface area contributed by atoms with Gasteiger partial charge in [-0.05, 0) is 18.2 Å². The summed E-state index contributed by atoms with van der Waals surface area (Å²) in [6.45, 7) is 1.14. The molecule has 0 spiro atoms. The van der Waals surface area contributed by atoms with E-state index >= 15 is 0 Å². The van der Waals surface area contributed by atoms with Gasteiger partial charge in [0.25, 0.3) is 5.91 Å². The summed E-state index contributed by atoms with van der Waals surface area (Å²) in [6, 6.07) is 9.63. The zero-order chi connectivity index (χ0) is 15.4. The number of halogens is 1. The maximum Gasteiger partial charge on any atom is 0.264 e. The second-order valence-corrected chi connectivity index (χ2v) is 5.82. The molecule has 1 aliphatic rings. The van der Waals surface area contributed by atoms with Crippen LogP contribution in [-0.2, 0) is 16.2 Å². The Balaban J connectivity index is 1.49. The SMILES string of the molecule is O=C(NCCn1cccn1)C1CC(c2cccc(Br)c2)=NO1. The summed E-state index contributed by atoms with van der Waals surface area (Å²) in [7, 11) is 0. The molecule has 0 aliphatic carbocycles. The first kappa shape index (κ1) is 14.8. The molecule has 6 nitrogen and oxygen atoms in total. The third-order valence-electron chi connectivity index (χ3n) is 3.32. The fraction of sp³-hybridized carbons (Fsp3) is 0.267. The van der Waals surface area contributed by atoms with E-state index in [0.717, 1.165) is 15.7 Å². The van der Waals surface area contributed by atoms with E-state index in [1.165, 1.54) is 0 Å². The number of carbonyl (C=O) groups excluding carboxylic acids is 1. The van der Waals surface area contributed by atoms with E-state index in [2.05, 4.69) is 31.5 Å². The number of nitrogens with zero attached hydrogens (tertiary/aromatic N) is 3. The van der Waals surface area contributed by atoms with E-state index in [9.17, 15) is 4.79 Å². The first-order chi connectivity index (χ1) is 10.7. The van der Waals surface area contributed by atoms with Gasteiger partial charge in [0.1, 0.15) is 0 Å². The lowest BCUT2D eigenvalue weighted by Crippen LogP contribution is -2.36. The fourth-order valence-corrected chi connectivity index (χ4v) is 2.60. The van der Waals surface area contributed by atoms with E-state index in [-0.39, 0.29) is 5.91 Å². The zero-order valence-corrected chi connectivity index (χ0v) is 13.4. The molecule has 2 aromatic rings. The van der Waals surface area contributed by atoms with Crippen molar-refractivity contribution in [3.8, 4) is 0 Å². The summed E-state index contributed by atoms with van der Waals surface area (Å²) in [5, 5.41) is 10.9. The molecule has 0 fully saturated rings. The summed E-state index contributed by atoms with van der Waals surface area (Å²) >= 11 is 3.42. The summed E-state index contributed by atoms with van der Waals surface area (Å²) in [4.78, 5) is 17.3. The number of oxime groups is 1. The van der Waals surface area contributed by atoms with Crippen LogP contribution < -0.4 is 5.32 Å². The average Bonchev–Trinajstić information content (AvgIpc) is 3.19. The lowest BCUT2D eigenvalue weighted by atomic mass is 10.0. The fourth-order valence-electron chi connectivity index (χ4n) is 2.20. The molecule has 1 atom stereocenters. The number of hydrogen-bond donors (Lipinski definition) is 1. The van der Waals surface area contributed by atoms with Crippen LogP contribution in [0.5, 0.6) is 0 Å². The highest BCUT2D eigenvalue weighted by Crippen LogP contribution is 2.19. The lowest BCUT2D eigenvalue weighted by molar-refractivity contribution is -0.131. The Morgan fingerprint density at radius 1 is 1.45 bits per heavy atom. The molecule has 0 bridgehead atoms. The molecule has 22 heavy (non-hydrogen) atoms. The predicted molar refractivity (Wildman–Crippen MR) is 85.4 cm³/mol. The van der Waals surface area contributed by atoms with Gasteiger partial charge in [-0.2, -0.15) is 5.10 Å². The third kappa shape index (κ3) is 3.54. The Morgan fingerprint density at radius 3 is 3.14 bits per heavy atom. The molecular weight excluding hydrogens is 348 g/mol. The number of nitrogens with one attached hydrogen (secondary N) is 1. The largest absolute Gasteiger partial charge is 0.382 e. The Bertz CT molecular complexity index is 685. The van der Waals surface area contributed by atoms with Crippen LogP contribution in [-0.4, -0.2) is 34.0 Å². The molecule has 0 saturated carbocycles. The van der Waals surface area contributed by atoms with Crippen molar-refractivity contribution < 1.29 is 9.63 Å². The van der Waals surface area contributed by atoms with Crippen LogP contribution in [0.25, 0.3) is 0 Å². The predicted octanol–water partition coefficient (Wildman–Crippen LogP) is 1.95. The highest BCUT2D eigenvalue weighted by atomic mass is 79.9. The van der Waals surface area contributed by atoms with Gasteiger partial charge in [0.15, 0.2) is 0 Å². The van der Waals surface area contributed by atoms with Crippen molar-refractivity contribution in [2.24, 2.45) is 5.16 Å². The van der Waals surface area contributed by atoms with Gasteiger partial charge in [0.2, 0.25) is 6.10 Å². The molecule has 7 heteroatoms. The van der Waals surface area contributed by atoms with Crippen molar-refractivity contribution in [2.45, 2.75) is 19.1 Å². The molecule has 1 N–H and O–H groups in total. The molecule has 0 saturated heterocycles. The van der Waals surface area contributed by atoms with Crippen molar-refractivity contribution >= 4 is 27.5 Å². The Labute approximate surface area is 136 Å². The second kappa shape index (κ2) is 6.74. The molecule has 3 rings (SSSR count). The molecule has 2 heterocycles. The molecule has 1 unspecified atom stereocenters. The van der Waals surface area contributed by atoms with Gasteiger partial charge < -0.3 is 10.2 Å². The molecule has 1 aromatic carbocycles. The maximum absolute atomic E-state index is 12.1. The second-order valence-electron chi connectivity index (χ2n) is 4.91. The first-order valence-electron chi connectivity index (χ1n) is 6.96. The summed E-state index contributed by atoms with van der Waals surface area (Å²) in [5.41, 5.74) is 1.75. The van der Waals surface area contributed by atoms with E-state index in [1.54, 1.807) is 10.9 Å². The van der Waals surface area contributed by atoms with Crippen LogP contribution in [0.15, 0.2) is 52.4 Å². The molecule has 1 amide bonds. The lowest BCUT2D eigenvalue weighted by Gasteiger charge is -2.09. The van der Waals surface area contributed by atoms with Gasteiger partial charge in [-0.3, -0.25) is 9.48 Å². The average molecular weight is 363 g/mol. The molecule has 1 aromatic heterocycles. The zero-order valence-electron chi connectivity index (χ0n) is 11.8. The van der Waals surface area contributed by atoms with Crippen molar-refractivity contribution in [1.82, 2.24) is 15.1 Å². The van der Waals surface area contributed by atoms with Crippen molar-refractivity contribution in [2.75, 3.05) is 6.54 Å². The highest BCUT2D eigenvalue weighted by molar-refractivity contribution is 9.10. The summed E-state index contributed by atoms with van der Waals surface area (Å²) < 4.78 is 2.74. The van der Waals surface area contributed by atoms with Crippen LogP contribution in [0.1, 0.15) is 12.0 Å². The summed E-state index contributed by atoms with van der Waals surface area (Å²) in [5.74, 6) is -0.152. The van der Waals surface area contributed by atoms with E-state index < -0.39 is 6.10 Å². The smallest absolute Gasteiger partial charge is 0.264 e. The summed E-state index contributed by atoms with van der Waals surface area (Å²) in [6.07, 6.45) is 3.48. The highest BCUT2D eigenvalue weighted by Gasteiger charge is 2.28. The van der Waals surface area contributed by atoms with Crippen LogP contribution in [0.3, 0.4) is 0 Å². The quantitative estimate of drug-likeness (QED) is 0.883. The van der Waals surface area contributed by atoms with Crippen LogP contribution in [0, 0.1) is 0 Å². The molecular formula is C15H15BrN4O2. The van der Waals surface area contributed by atoms with Gasteiger partial charge >= 0.3 is 0 Å². The number of carbonyl (C=O) groups is 1. The monoisotopic (exact) mass is 362 g/mol. The molecule has 1 aliphatic heterocycles. The van der Waals surface area contributed by atoms with Crippen LogP contribution >= 0.6 is 15.9 Å². The maximum atomic E-state index is 12.1. The topological polar surface area (TPSA) is 68.5 Å². The van der Waals surface area contributed by atoms with E-state index in [0.29, 0.717) is 19.5 Å². The third-order valence-corrected chi connectivity index (χ3v) is 3.81. The number of benzene rings is 1.